The highest BCUT2D eigenvalue weighted by molar-refractivity contribution is 7.89. The van der Waals surface area contributed by atoms with Crippen LogP contribution in [0.15, 0.2) is 41.3 Å². The normalized spacial score (nSPS) is 12.2. The minimum Gasteiger partial charge on any atom is -0.496 e. The van der Waals surface area contributed by atoms with Crippen molar-refractivity contribution < 1.29 is 27.4 Å². The van der Waals surface area contributed by atoms with Gasteiger partial charge >= 0.3 is 0 Å². The van der Waals surface area contributed by atoms with Gasteiger partial charge in [-0.1, -0.05) is 25.8 Å². The molecule has 170 valence electrons. The van der Waals surface area contributed by atoms with Gasteiger partial charge in [-0.15, -0.1) is 0 Å². The summed E-state index contributed by atoms with van der Waals surface area (Å²) in [6.45, 7) is 4.55. The van der Waals surface area contributed by atoms with Crippen molar-refractivity contribution in [1.29, 1.82) is 0 Å². The van der Waals surface area contributed by atoms with Gasteiger partial charge < -0.3 is 19.5 Å². The summed E-state index contributed by atoms with van der Waals surface area (Å²) < 4.78 is 39.7. The van der Waals surface area contributed by atoms with Crippen molar-refractivity contribution in [3.05, 3.63) is 47.5 Å². The number of unbranched alkanes of at least 4 members (excludes halogenated alkanes) is 2. The zero-order chi connectivity index (χ0) is 23.0. The topological polar surface area (TPSA) is 117 Å². The Morgan fingerprint density at radius 2 is 1.71 bits per heavy atom. The molecule has 3 N–H and O–H groups in total. The van der Waals surface area contributed by atoms with E-state index in [4.69, 9.17) is 19.3 Å². The number of rotatable bonds is 11. The van der Waals surface area contributed by atoms with Crippen molar-refractivity contribution in [3.8, 4) is 17.2 Å². The molecule has 0 radical (unpaired) electrons. The second-order valence-electron chi connectivity index (χ2n) is 7.07. The molecule has 0 fully saturated rings. The Labute approximate surface area is 183 Å². The van der Waals surface area contributed by atoms with Crippen LogP contribution in [0.4, 0.5) is 0 Å². The summed E-state index contributed by atoms with van der Waals surface area (Å²) in [4.78, 5) is 12.7. The quantitative estimate of drug-likeness (QED) is 0.507. The summed E-state index contributed by atoms with van der Waals surface area (Å²) in [5, 5.41) is 8.03. The molecule has 0 aromatic heterocycles. The zero-order valence-corrected chi connectivity index (χ0v) is 19.1. The van der Waals surface area contributed by atoms with Crippen LogP contribution in [-0.4, -0.2) is 35.2 Å². The molecule has 0 aliphatic carbocycles. The Kier molecular flexibility index (Phi) is 8.70. The highest BCUT2D eigenvalue weighted by Gasteiger charge is 2.20. The van der Waals surface area contributed by atoms with E-state index in [1.54, 1.807) is 13.2 Å². The molecule has 9 heteroatoms. The number of sulfonamides is 1. The molecule has 0 bridgehead atoms. The molecular weight excluding hydrogens is 420 g/mol. The summed E-state index contributed by atoms with van der Waals surface area (Å²) in [7, 11) is -0.996. The summed E-state index contributed by atoms with van der Waals surface area (Å²) >= 11 is 0. The van der Waals surface area contributed by atoms with Crippen molar-refractivity contribution in [2.45, 2.75) is 44.0 Å². The maximum atomic E-state index is 12.8. The van der Waals surface area contributed by atoms with Gasteiger partial charge in [-0.05, 0) is 49.2 Å². The smallest absolute Gasteiger partial charge is 0.255 e. The lowest BCUT2D eigenvalue weighted by Gasteiger charge is -2.18. The molecule has 1 amide bonds. The van der Waals surface area contributed by atoms with E-state index in [9.17, 15) is 13.2 Å². The lowest BCUT2D eigenvalue weighted by Crippen LogP contribution is -2.27. The first-order valence-corrected chi connectivity index (χ1v) is 11.6. The van der Waals surface area contributed by atoms with Gasteiger partial charge in [0.15, 0.2) is 11.5 Å². The van der Waals surface area contributed by atoms with Crippen LogP contribution >= 0.6 is 0 Å². The Balaban J connectivity index is 2.19. The summed E-state index contributed by atoms with van der Waals surface area (Å²) in [5.41, 5.74) is 0.872. The van der Waals surface area contributed by atoms with E-state index in [1.807, 2.05) is 19.1 Å². The Morgan fingerprint density at radius 3 is 2.32 bits per heavy atom. The van der Waals surface area contributed by atoms with Crippen LogP contribution < -0.4 is 24.7 Å². The van der Waals surface area contributed by atoms with Gasteiger partial charge in [0, 0.05) is 0 Å². The molecular formula is C22H30N2O6S. The number of benzene rings is 2. The number of methoxy groups -OCH3 is 2. The molecule has 0 saturated carbocycles. The molecule has 0 spiro atoms. The predicted octanol–water partition coefficient (Wildman–Crippen LogP) is 3.41. The molecule has 2 aromatic rings. The molecule has 31 heavy (non-hydrogen) atoms. The third kappa shape index (κ3) is 6.60. The van der Waals surface area contributed by atoms with E-state index in [2.05, 4.69) is 12.2 Å². The molecule has 1 unspecified atom stereocenters. The van der Waals surface area contributed by atoms with E-state index in [0.29, 0.717) is 18.1 Å². The Bertz CT molecular complexity index is 1010. The fourth-order valence-corrected chi connectivity index (χ4v) is 3.55. The molecule has 2 aromatic carbocycles. The summed E-state index contributed by atoms with van der Waals surface area (Å²) in [6.07, 6.45) is 3.18. The van der Waals surface area contributed by atoms with E-state index in [1.165, 1.54) is 25.3 Å². The van der Waals surface area contributed by atoms with Crippen LogP contribution in [0.5, 0.6) is 17.2 Å². The van der Waals surface area contributed by atoms with Gasteiger partial charge in [0.2, 0.25) is 10.0 Å². The molecule has 1 atom stereocenters. The van der Waals surface area contributed by atoms with Crippen molar-refractivity contribution in [3.63, 3.8) is 0 Å². The SMILES string of the molecule is CCCCCOc1ccc(C(C)NC(=O)c2cc(S(N)(=O)=O)ccc2OC)cc1OC. The van der Waals surface area contributed by atoms with Gasteiger partial charge in [-0.25, -0.2) is 13.6 Å². The van der Waals surface area contributed by atoms with Gasteiger partial charge in [-0.3, -0.25) is 4.79 Å². The van der Waals surface area contributed by atoms with Crippen LogP contribution in [0, 0.1) is 0 Å². The first-order valence-electron chi connectivity index (χ1n) is 10.0. The number of carbonyl (C=O) groups is 1. The third-order valence-corrected chi connectivity index (χ3v) is 5.70. The molecule has 8 nitrogen and oxygen atoms in total. The first-order chi connectivity index (χ1) is 14.7. The van der Waals surface area contributed by atoms with E-state index < -0.39 is 22.0 Å². The maximum absolute atomic E-state index is 12.8. The number of primary sulfonamides is 1. The highest BCUT2D eigenvalue weighted by atomic mass is 32.2. The Hall–Kier alpha value is -2.78. The second-order valence-corrected chi connectivity index (χ2v) is 8.63. The molecule has 0 heterocycles. The number of ether oxygens (including phenoxy) is 3. The van der Waals surface area contributed by atoms with E-state index >= 15 is 0 Å². The van der Waals surface area contributed by atoms with Crippen LogP contribution in [0.2, 0.25) is 0 Å². The van der Waals surface area contributed by atoms with Crippen molar-refractivity contribution in [2.75, 3.05) is 20.8 Å². The molecule has 0 aliphatic heterocycles. The third-order valence-electron chi connectivity index (χ3n) is 4.78. The summed E-state index contributed by atoms with van der Waals surface area (Å²) in [5.74, 6) is 0.964. The molecule has 0 aliphatic rings. The predicted molar refractivity (Wildman–Crippen MR) is 118 cm³/mol. The lowest BCUT2D eigenvalue weighted by molar-refractivity contribution is 0.0936. The van der Waals surface area contributed by atoms with Gasteiger partial charge in [-0.2, -0.15) is 0 Å². The fourth-order valence-electron chi connectivity index (χ4n) is 3.01. The maximum Gasteiger partial charge on any atom is 0.255 e. The Morgan fingerprint density at radius 1 is 1.03 bits per heavy atom. The largest absolute Gasteiger partial charge is 0.496 e. The summed E-state index contributed by atoms with van der Waals surface area (Å²) in [6, 6.07) is 8.96. The lowest BCUT2D eigenvalue weighted by atomic mass is 10.1. The molecule has 0 saturated heterocycles. The fraction of sp³-hybridized carbons (Fsp3) is 0.409. The standard InChI is InChI=1S/C22H30N2O6S/c1-5-6-7-12-30-20-10-8-16(13-21(20)29-4)15(2)24-22(25)18-14-17(31(23,26)27)9-11-19(18)28-3/h8-11,13-15H,5-7,12H2,1-4H3,(H,24,25)(H2,23,26,27). The van der Waals surface area contributed by atoms with E-state index in [0.717, 1.165) is 24.8 Å². The van der Waals surface area contributed by atoms with E-state index in [-0.39, 0.29) is 16.2 Å². The minimum absolute atomic E-state index is 0.0729. The average Bonchev–Trinajstić information content (AvgIpc) is 2.75. The van der Waals surface area contributed by atoms with Crippen molar-refractivity contribution in [2.24, 2.45) is 5.14 Å². The van der Waals surface area contributed by atoms with Crippen molar-refractivity contribution >= 4 is 15.9 Å². The van der Waals surface area contributed by atoms with Crippen LogP contribution in [0.1, 0.15) is 55.1 Å². The first kappa shape index (κ1) is 24.5. The zero-order valence-electron chi connectivity index (χ0n) is 18.3. The number of carbonyl (C=O) groups excluding carboxylic acids is 1. The van der Waals surface area contributed by atoms with Crippen LogP contribution in [-0.2, 0) is 10.0 Å². The van der Waals surface area contributed by atoms with Gasteiger partial charge in [0.05, 0.1) is 37.3 Å². The van der Waals surface area contributed by atoms with Gasteiger partial charge in [0.1, 0.15) is 5.75 Å². The van der Waals surface area contributed by atoms with Crippen LogP contribution in [0.3, 0.4) is 0 Å². The minimum atomic E-state index is -3.96. The second kappa shape index (κ2) is 11.0. The number of hydrogen-bond donors (Lipinski definition) is 2. The average molecular weight is 451 g/mol. The number of nitrogens with two attached hydrogens (primary N) is 1. The number of nitrogens with one attached hydrogen (secondary N) is 1. The van der Waals surface area contributed by atoms with Crippen LogP contribution in [0.25, 0.3) is 0 Å². The number of hydrogen-bond acceptors (Lipinski definition) is 6. The van der Waals surface area contributed by atoms with Gasteiger partial charge in [0.25, 0.3) is 5.91 Å². The molecule has 2 rings (SSSR count). The highest BCUT2D eigenvalue weighted by Crippen LogP contribution is 2.31. The monoisotopic (exact) mass is 450 g/mol. The number of amides is 1. The van der Waals surface area contributed by atoms with Crippen molar-refractivity contribution in [1.82, 2.24) is 5.32 Å².